The quantitative estimate of drug-likeness (QED) is 0.159. The van der Waals surface area contributed by atoms with Crippen LogP contribution in [0.4, 0.5) is 0 Å². The van der Waals surface area contributed by atoms with Crippen molar-refractivity contribution in [2.24, 2.45) is 0 Å². The molecule has 1 atom stereocenters. The molecular formula is C18H32O4. The van der Waals surface area contributed by atoms with Gasteiger partial charge in [0.2, 0.25) is 0 Å². The third kappa shape index (κ3) is 15.3. The monoisotopic (exact) mass is 312 g/mol. The van der Waals surface area contributed by atoms with Crippen molar-refractivity contribution >= 4 is 5.97 Å². The maximum atomic E-state index is 10.6. The van der Waals surface area contributed by atoms with E-state index >= 15 is 0 Å². The van der Waals surface area contributed by atoms with Crippen molar-refractivity contribution in [3.05, 3.63) is 24.3 Å². The zero-order valence-electron chi connectivity index (χ0n) is 13.9. The van der Waals surface area contributed by atoms with Gasteiger partial charge in [0.25, 0.3) is 0 Å². The number of hydrogen-bond donors (Lipinski definition) is 2. The molecule has 0 bridgehead atoms. The molecule has 1 unspecified atom stereocenters. The van der Waals surface area contributed by atoms with Gasteiger partial charge in [0.15, 0.2) is 0 Å². The second-order valence-corrected chi connectivity index (χ2v) is 5.69. The Morgan fingerprint density at radius 2 is 1.64 bits per heavy atom. The number of aliphatic hydroxyl groups is 1. The highest BCUT2D eigenvalue weighted by Crippen LogP contribution is 2.12. The molecule has 22 heavy (non-hydrogen) atoms. The highest BCUT2D eigenvalue weighted by atomic mass is 17.1. The first-order valence-electron chi connectivity index (χ1n) is 8.57. The van der Waals surface area contributed by atoms with E-state index in [9.17, 15) is 9.90 Å². The Balaban J connectivity index is 3.31. The molecule has 0 aromatic rings. The number of carbonyl (C=O) groups excluding carboxylic acids is 1. The van der Waals surface area contributed by atoms with E-state index in [0.29, 0.717) is 0 Å². The fourth-order valence-corrected chi connectivity index (χ4v) is 2.29. The van der Waals surface area contributed by atoms with Gasteiger partial charge >= 0.3 is 5.97 Å². The highest BCUT2D eigenvalue weighted by Gasteiger charge is 2.02. The number of rotatable bonds is 14. The molecule has 0 saturated heterocycles. The molecule has 0 rings (SSSR count). The van der Waals surface area contributed by atoms with Crippen LogP contribution < -0.4 is 0 Å². The van der Waals surface area contributed by atoms with E-state index in [1.165, 1.54) is 38.2 Å². The second-order valence-electron chi connectivity index (χ2n) is 5.69. The molecule has 0 fully saturated rings. The lowest BCUT2D eigenvalue weighted by Crippen LogP contribution is -2.05. The molecule has 0 aromatic carbocycles. The van der Waals surface area contributed by atoms with Gasteiger partial charge in [-0.3, -0.25) is 4.89 Å². The van der Waals surface area contributed by atoms with Crippen molar-refractivity contribution in [2.75, 3.05) is 0 Å². The lowest BCUT2D eigenvalue weighted by molar-refractivity contribution is -0.228. The van der Waals surface area contributed by atoms with Gasteiger partial charge < -0.3 is 5.11 Å². The van der Waals surface area contributed by atoms with Gasteiger partial charge in [-0.1, -0.05) is 70.1 Å². The van der Waals surface area contributed by atoms with Crippen LogP contribution in [0.2, 0.25) is 0 Å². The average molecular weight is 312 g/mol. The summed E-state index contributed by atoms with van der Waals surface area (Å²) in [5.41, 5.74) is 0. The predicted molar refractivity (Wildman–Crippen MR) is 89.5 cm³/mol. The smallest absolute Gasteiger partial charge is 0.365 e. The van der Waals surface area contributed by atoms with Gasteiger partial charge in [-0.25, -0.2) is 4.79 Å². The van der Waals surface area contributed by atoms with E-state index in [4.69, 9.17) is 5.26 Å². The summed E-state index contributed by atoms with van der Waals surface area (Å²) in [5.74, 6) is -0.762. The van der Waals surface area contributed by atoms with E-state index in [-0.39, 0.29) is 6.10 Å². The lowest BCUT2D eigenvalue weighted by Gasteiger charge is -2.09. The van der Waals surface area contributed by atoms with Gasteiger partial charge in [0.1, 0.15) is 0 Å². The number of carbonyl (C=O) groups is 1. The third-order valence-corrected chi connectivity index (χ3v) is 3.62. The van der Waals surface area contributed by atoms with Gasteiger partial charge in [-0.15, -0.1) is 0 Å². The first kappa shape index (κ1) is 20.9. The molecule has 0 spiro atoms. The van der Waals surface area contributed by atoms with Crippen molar-refractivity contribution < 1.29 is 20.0 Å². The Morgan fingerprint density at radius 3 is 2.32 bits per heavy atom. The highest BCUT2D eigenvalue weighted by molar-refractivity contribution is 5.81. The maximum Gasteiger partial charge on any atom is 0.365 e. The van der Waals surface area contributed by atoms with E-state index in [0.717, 1.165) is 38.5 Å². The Bertz CT molecular complexity index is 310. The minimum absolute atomic E-state index is 0.105. The van der Waals surface area contributed by atoms with Crippen molar-refractivity contribution in [1.29, 1.82) is 0 Å². The number of hydrogen-bond acceptors (Lipinski definition) is 4. The Hall–Kier alpha value is -1.13. The van der Waals surface area contributed by atoms with E-state index in [1.54, 1.807) is 12.2 Å². The molecule has 0 aliphatic rings. The summed E-state index contributed by atoms with van der Waals surface area (Å²) < 4.78 is 0. The van der Waals surface area contributed by atoms with Gasteiger partial charge in [-0.05, 0) is 25.7 Å². The summed E-state index contributed by atoms with van der Waals surface area (Å²) >= 11 is 0. The van der Waals surface area contributed by atoms with E-state index in [1.807, 2.05) is 6.08 Å². The lowest BCUT2D eigenvalue weighted by atomic mass is 10.0. The number of allylic oxidation sites excluding steroid dienone is 3. The van der Waals surface area contributed by atoms with Crippen LogP contribution in [0.3, 0.4) is 0 Å². The molecule has 0 aliphatic heterocycles. The standard InChI is InChI=1S/C18H32O4/c1-2-3-11-14-17(19)15-12-9-7-5-4-6-8-10-13-16-18(20)22-21/h8,10,13,16-17,19,21H,2-7,9,11-12,14-15H2,1H3. The van der Waals surface area contributed by atoms with Crippen molar-refractivity contribution in [3.63, 3.8) is 0 Å². The summed E-state index contributed by atoms with van der Waals surface area (Å²) in [5, 5.41) is 17.8. The molecule has 128 valence electrons. The summed E-state index contributed by atoms with van der Waals surface area (Å²) in [6, 6.07) is 0. The minimum Gasteiger partial charge on any atom is -0.393 e. The van der Waals surface area contributed by atoms with Crippen LogP contribution in [-0.2, 0) is 9.68 Å². The second kappa shape index (κ2) is 16.2. The van der Waals surface area contributed by atoms with Crippen molar-refractivity contribution in [3.8, 4) is 0 Å². The Kier molecular flexibility index (Phi) is 15.4. The third-order valence-electron chi connectivity index (χ3n) is 3.62. The molecule has 4 heteroatoms. The zero-order valence-corrected chi connectivity index (χ0v) is 13.9. The van der Waals surface area contributed by atoms with Gasteiger partial charge in [0.05, 0.1) is 6.10 Å². The summed E-state index contributed by atoms with van der Waals surface area (Å²) in [7, 11) is 0. The van der Waals surface area contributed by atoms with Crippen molar-refractivity contribution in [2.45, 2.75) is 83.7 Å². The van der Waals surface area contributed by atoms with Crippen molar-refractivity contribution in [1.82, 2.24) is 0 Å². The first-order valence-corrected chi connectivity index (χ1v) is 8.57. The minimum atomic E-state index is -0.762. The molecular weight excluding hydrogens is 280 g/mol. The first-order chi connectivity index (χ1) is 10.7. The van der Waals surface area contributed by atoms with Crippen LogP contribution in [0.5, 0.6) is 0 Å². The van der Waals surface area contributed by atoms with Crippen LogP contribution in [0, 0.1) is 0 Å². The van der Waals surface area contributed by atoms with Gasteiger partial charge in [0, 0.05) is 6.08 Å². The summed E-state index contributed by atoms with van der Waals surface area (Å²) in [4.78, 5) is 14.1. The van der Waals surface area contributed by atoms with Gasteiger partial charge in [-0.2, -0.15) is 5.26 Å². The van der Waals surface area contributed by atoms with Crippen LogP contribution in [0.1, 0.15) is 77.6 Å². The molecule has 0 radical (unpaired) electrons. The largest absolute Gasteiger partial charge is 0.393 e. The molecule has 0 aliphatic carbocycles. The number of unbranched alkanes of at least 4 members (excludes halogenated alkanes) is 7. The predicted octanol–water partition coefficient (Wildman–Crippen LogP) is 4.79. The molecule has 4 nitrogen and oxygen atoms in total. The van der Waals surface area contributed by atoms with Crippen LogP contribution >= 0.6 is 0 Å². The molecule has 0 aromatic heterocycles. The molecule has 0 heterocycles. The topological polar surface area (TPSA) is 66.8 Å². The Morgan fingerprint density at radius 1 is 1.00 bits per heavy atom. The molecule has 0 amide bonds. The molecule has 0 saturated carbocycles. The van der Waals surface area contributed by atoms with Crippen LogP contribution in [-0.4, -0.2) is 22.4 Å². The van der Waals surface area contributed by atoms with Crippen LogP contribution in [0.15, 0.2) is 24.3 Å². The summed E-state index contributed by atoms with van der Waals surface area (Å²) in [6.45, 7) is 2.18. The summed E-state index contributed by atoms with van der Waals surface area (Å²) in [6.07, 6.45) is 18.7. The maximum absolute atomic E-state index is 10.6. The van der Waals surface area contributed by atoms with E-state index < -0.39 is 5.97 Å². The SMILES string of the molecule is CCCCCC(O)CCCCCCCC=CC=CC(=O)OO. The Labute approximate surface area is 134 Å². The molecule has 2 N–H and O–H groups in total. The number of aliphatic hydroxyl groups excluding tert-OH is 1. The normalized spacial score (nSPS) is 13.0. The zero-order chi connectivity index (χ0) is 16.5. The average Bonchev–Trinajstić information content (AvgIpc) is 2.52. The van der Waals surface area contributed by atoms with E-state index in [2.05, 4.69) is 11.8 Å². The fourth-order valence-electron chi connectivity index (χ4n) is 2.29. The van der Waals surface area contributed by atoms with Crippen LogP contribution in [0.25, 0.3) is 0 Å². The fraction of sp³-hybridized carbons (Fsp3) is 0.722.